The summed E-state index contributed by atoms with van der Waals surface area (Å²) in [6, 6.07) is 13.5. The quantitative estimate of drug-likeness (QED) is 0.356. The van der Waals surface area contributed by atoms with Crippen molar-refractivity contribution in [2.24, 2.45) is 0 Å². The Kier molecular flexibility index (Phi) is 9.86. The Morgan fingerprint density at radius 3 is 2.38 bits per heavy atom. The second-order valence-corrected chi connectivity index (χ2v) is 11.3. The maximum Gasteiger partial charge on any atom is 0.321 e. The van der Waals surface area contributed by atoms with Gasteiger partial charge in [0.2, 0.25) is 0 Å². The number of amides is 2. The van der Waals surface area contributed by atoms with Gasteiger partial charge < -0.3 is 39.1 Å². The van der Waals surface area contributed by atoms with Crippen molar-refractivity contribution >= 4 is 28.3 Å². The van der Waals surface area contributed by atoms with Gasteiger partial charge in [0.05, 0.1) is 19.8 Å². The van der Waals surface area contributed by atoms with E-state index in [0.717, 1.165) is 72.9 Å². The number of nitrogens with zero attached hydrogens (tertiary/aromatic N) is 5. The lowest BCUT2D eigenvalue weighted by Gasteiger charge is -2.35. The van der Waals surface area contributed by atoms with E-state index < -0.39 is 0 Å². The number of piperazine rings is 2. The number of hydrogen-bond acceptors (Lipinski definition) is 8. The van der Waals surface area contributed by atoms with Gasteiger partial charge in [-0.05, 0) is 75.2 Å². The van der Waals surface area contributed by atoms with Crippen LogP contribution in [-0.2, 0) is 0 Å². The second kappa shape index (κ2) is 13.9. The number of carbonyl (C=O) groups excluding carboxylic acids is 1. The van der Waals surface area contributed by atoms with Crippen LogP contribution in [0.5, 0.6) is 17.2 Å². The highest BCUT2D eigenvalue weighted by Crippen LogP contribution is 2.36. The minimum atomic E-state index is -0.103. The van der Waals surface area contributed by atoms with Crippen LogP contribution in [0.2, 0.25) is 0 Å². The summed E-state index contributed by atoms with van der Waals surface area (Å²) in [6.07, 6.45) is 2.92. The van der Waals surface area contributed by atoms with Gasteiger partial charge in [0.15, 0.2) is 11.5 Å². The van der Waals surface area contributed by atoms with Crippen LogP contribution in [0.25, 0.3) is 10.8 Å². The molecule has 3 aromatic rings. The average molecular weight is 577 g/mol. The van der Waals surface area contributed by atoms with Crippen LogP contribution < -0.4 is 24.4 Å². The topological polar surface area (TPSA) is 82.6 Å². The minimum Gasteiger partial charge on any atom is -0.493 e. The fraction of sp³-hybridized carbons (Fsp3) is 0.500. The smallest absolute Gasteiger partial charge is 0.321 e. The first-order chi connectivity index (χ1) is 20.4. The molecule has 0 saturated carbocycles. The van der Waals surface area contributed by atoms with Gasteiger partial charge in [0, 0.05) is 76.2 Å². The normalized spacial score (nSPS) is 16.6. The predicted molar refractivity (Wildman–Crippen MR) is 167 cm³/mol. The van der Waals surface area contributed by atoms with E-state index in [-0.39, 0.29) is 12.1 Å². The monoisotopic (exact) mass is 576 g/mol. The Balaban J connectivity index is 1.17. The van der Waals surface area contributed by atoms with Gasteiger partial charge in [0.1, 0.15) is 11.6 Å². The van der Waals surface area contributed by atoms with Crippen molar-refractivity contribution in [3.8, 4) is 17.2 Å². The maximum atomic E-state index is 12.9. The van der Waals surface area contributed by atoms with E-state index in [1.54, 1.807) is 7.11 Å². The third-order valence-corrected chi connectivity index (χ3v) is 7.84. The van der Waals surface area contributed by atoms with Crippen molar-refractivity contribution in [1.82, 2.24) is 19.7 Å². The van der Waals surface area contributed by atoms with E-state index in [1.165, 1.54) is 0 Å². The van der Waals surface area contributed by atoms with Gasteiger partial charge >= 0.3 is 6.03 Å². The molecule has 0 bridgehead atoms. The second-order valence-electron chi connectivity index (χ2n) is 11.3. The van der Waals surface area contributed by atoms with Crippen LogP contribution in [0.4, 0.5) is 16.3 Å². The first-order valence-corrected chi connectivity index (χ1v) is 15.0. The summed E-state index contributed by atoms with van der Waals surface area (Å²) < 4.78 is 17.6. The first kappa shape index (κ1) is 29.7. The number of fused-ring (bicyclic) bond motifs is 1. The number of ether oxygens (including phenoxy) is 3. The summed E-state index contributed by atoms with van der Waals surface area (Å²) in [5.74, 6) is 3.15. The molecule has 0 unspecified atom stereocenters. The molecular formula is C32H44N6O4. The summed E-state index contributed by atoms with van der Waals surface area (Å²) >= 11 is 0. The molecule has 2 saturated heterocycles. The maximum absolute atomic E-state index is 12.9. The van der Waals surface area contributed by atoms with Gasteiger partial charge in [-0.2, -0.15) is 0 Å². The number of pyridine rings is 1. The molecular weight excluding hydrogens is 532 g/mol. The van der Waals surface area contributed by atoms with Gasteiger partial charge in [-0.3, -0.25) is 0 Å². The summed E-state index contributed by atoms with van der Waals surface area (Å²) in [4.78, 5) is 26.6. The molecule has 2 amide bonds. The number of hydrogen-bond donors (Lipinski definition) is 1. The Bertz CT molecular complexity index is 1320. The van der Waals surface area contributed by atoms with E-state index in [9.17, 15) is 4.79 Å². The molecule has 2 aromatic carbocycles. The Hall–Kier alpha value is -3.76. The molecule has 2 fully saturated rings. The molecule has 5 rings (SSSR count). The zero-order valence-electron chi connectivity index (χ0n) is 25.3. The number of likely N-dealkylation sites (N-methyl/N-ethyl adjacent to an activating group) is 1. The molecule has 2 aliphatic heterocycles. The predicted octanol–water partition coefficient (Wildman–Crippen LogP) is 4.40. The molecule has 2 aliphatic rings. The molecule has 10 nitrogen and oxygen atoms in total. The molecule has 1 aromatic heterocycles. The Labute approximate surface area is 249 Å². The molecule has 42 heavy (non-hydrogen) atoms. The number of urea groups is 1. The molecule has 226 valence electrons. The van der Waals surface area contributed by atoms with Crippen molar-refractivity contribution in [2.45, 2.75) is 26.4 Å². The van der Waals surface area contributed by atoms with Crippen molar-refractivity contribution in [3.05, 3.63) is 48.7 Å². The Morgan fingerprint density at radius 2 is 1.69 bits per heavy atom. The first-order valence-electron chi connectivity index (χ1n) is 15.0. The van der Waals surface area contributed by atoms with Crippen molar-refractivity contribution < 1.29 is 19.0 Å². The standard InChI is InChI=1S/C32H44N6O4/c1-24(2)42-27-8-6-26(7-9-27)34-32(39)38-19-17-37(18-20-38)31-28-23-29(40-4)30(22-25(28)10-11-33-31)41-21-5-12-36-15-13-35(3)14-16-36/h6-11,22-24H,5,12-21H2,1-4H3,(H,34,39). The summed E-state index contributed by atoms with van der Waals surface area (Å²) in [5, 5.41) is 5.07. The van der Waals surface area contributed by atoms with Crippen LogP contribution in [0.15, 0.2) is 48.7 Å². The SMILES string of the molecule is COc1cc2c(N3CCN(C(=O)Nc4ccc(OC(C)C)cc4)CC3)nccc2cc1OCCCN1CCN(C)CC1. The Morgan fingerprint density at radius 1 is 0.952 bits per heavy atom. The zero-order valence-corrected chi connectivity index (χ0v) is 25.3. The largest absolute Gasteiger partial charge is 0.493 e. The van der Waals surface area contributed by atoms with E-state index in [0.29, 0.717) is 38.5 Å². The lowest BCUT2D eigenvalue weighted by Crippen LogP contribution is -2.50. The van der Waals surface area contributed by atoms with E-state index >= 15 is 0 Å². The summed E-state index contributed by atoms with van der Waals surface area (Å²) in [6.45, 7) is 12.7. The molecule has 1 N–H and O–H groups in total. The van der Waals surface area contributed by atoms with Crippen molar-refractivity contribution in [2.75, 3.05) is 89.9 Å². The van der Waals surface area contributed by atoms with Crippen molar-refractivity contribution in [1.29, 1.82) is 0 Å². The summed E-state index contributed by atoms with van der Waals surface area (Å²) in [7, 11) is 3.86. The van der Waals surface area contributed by atoms with E-state index in [1.807, 2.05) is 61.3 Å². The van der Waals surface area contributed by atoms with Gasteiger partial charge in [-0.25, -0.2) is 9.78 Å². The van der Waals surface area contributed by atoms with Crippen LogP contribution in [0, 0.1) is 0 Å². The molecule has 0 atom stereocenters. The fourth-order valence-corrected chi connectivity index (χ4v) is 5.44. The number of anilines is 2. The summed E-state index contributed by atoms with van der Waals surface area (Å²) in [5.41, 5.74) is 0.749. The van der Waals surface area contributed by atoms with Gasteiger partial charge in [0.25, 0.3) is 0 Å². The highest BCUT2D eigenvalue weighted by Gasteiger charge is 2.24. The number of nitrogens with one attached hydrogen (secondary N) is 1. The van der Waals surface area contributed by atoms with Crippen LogP contribution >= 0.6 is 0 Å². The van der Waals surface area contributed by atoms with E-state index in [4.69, 9.17) is 19.2 Å². The van der Waals surface area contributed by atoms with Gasteiger partial charge in [-0.1, -0.05) is 0 Å². The number of rotatable bonds is 10. The number of aromatic nitrogens is 1. The van der Waals surface area contributed by atoms with Gasteiger partial charge in [-0.15, -0.1) is 0 Å². The number of carbonyl (C=O) groups is 1. The molecule has 3 heterocycles. The number of benzene rings is 2. The fourth-order valence-electron chi connectivity index (χ4n) is 5.44. The van der Waals surface area contributed by atoms with Crippen molar-refractivity contribution in [3.63, 3.8) is 0 Å². The number of methoxy groups -OCH3 is 1. The molecule has 0 aliphatic carbocycles. The zero-order chi connectivity index (χ0) is 29.5. The lowest BCUT2D eigenvalue weighted by atomic mass is 10.1. The minimum absolute atomic E-state index is 0.103. The molecule has 10 heteroatoms. The molecule has 0 radical (unpaired) electrons. The van der Waals surface area contributed by atoms with E-state index in [2.05, 4.69) is 33.1 Å². The third-order valence-electron chi connectivity index (χ3n) is 7.84. The average Bonchev–Trinajstić information content (AvgIpc) is 3.00. The van der Waals surface area contributed by atoms with Crippen LogP contribution in [0.1, 0.15) is 20.3 Å². The van der Waals surface area contributed by atoms with Crippen LogP contribution in [-0.4, -0.2) is 111 Å². The van der Waals surface area contributed by atoms with Crippen LogP contribution in [0.3, 0.4) is 0 Å². The lowest BCUT2D eigenvalue weighted by molar-refractivity contribution is 0.145. The highest BCUT2D eigenvalue weighted by molar-refractivity contribution is 5.95. The third kappa shape index (κ3) is 7.54. The highest BCUT2D eigenvalue weighted by atomic mass is 16.5. The molecule has 0 spiro atoms.